The molecule has 232 valence electrons. The van der Waals surface area contributed by atoms with Crippen molar-refractivity contribution < 1.29 is 30.4 Å². The van der Waals surface area contributed by atoms with E-state index in [0.717, 1.165) is 63.9 Å². The Morgan fingerprint density at radius 2 is 1.93 bits per heavy atom. The number of nitrogens with zero attached hydrogens (tertiary/aromatic N) is 3. The van der Waals surface area contributed by atoms with E-state index in [4.69, 9.17) is 4.98 Å². The van der Waals surface area contributed by atoms with Crippen LogP contribution in [-0.4, -0.2) is 37.6 Å². The molecular formula is C35H36FIN7O-. The van der Waals surface area contributed by atoms with Gasteiger partial charge in [-0.15, -0.1) is 0 Å². The number of amides is 1. The molecule has 0 spiro atoms. The van der Waals surface area contributed by atoms with Crippen molar-refractivity contribution in [1.82, 2.24) is 30.5 Å². The molecule has 5 aromatic rings. The second-order valence-corrected chi connectivity index (χ2v) is 14.4. The number of fused-ring (bicyclic) bond motifs is 2. The average molecular weight is 717 g/mol. The molecule has 3 aromatic heterocycles. The number of aromatic amines is 2. The Balaban J connectivity index is 1.33. The van der Waals surface area contributed by atoms with E-state index in [9.17, 15) is 9.18 Å². The Kier molecular flexibility index (Phi) is 8.84. The molecule has 10 heteroatoms. The number of carbonyl (C=O) groups is 1. The second kappa shape index (κ2) is 13.0. The van der Waals surface area contributed by atoms with Crippen molar-refractivity contribution >= 4 is 39.1 Å². The van der Waals surface area contributed by atoms with Crippen molar-refractivity contribution in [3.8, 4) is 22.6 Å². The number of unbranched alkanes of at least 4 members (excludes halogenated alkanes) is 1. The van der Waals surface area contributed by atoms with E-state index in [1.807, 2.05) is 24.3 Å². The third kappa shape index (κ3) is 7.16. The van der Waals surface area contributed by atoms with Crippen LogP contribution in [0.1, 0.15) is 52.5 Å². The molecule has 0 atom stereocenters. The number of nitrogens with one attached hydrogen (secondary N) is 4. The number of allylic oxidation sites excluding steroid dienone is 3. The SMILES string of the molecule is CCCCNc1cc(F)cc(-c2cncc3[nH]c(-c4n[nH]c5ccc(C6=C[I-]C=CC(NC(=O)CC(C)(C)C)=C6)cc45)nc23)c1. The van der Waals surface area contributed by atoms with E-state index in [1.54, 1.807) is 12.4 Å². The number of carbonyl (C=O) groups excluding carboxylic acids is 1. The van der Waals surface area contributed by atoms with Gasteiger partial charge in [0.15, 0.2) is 0 Å². The summed E-state index contributed by atoms with van der Waals surface area (Å²) in [6.07, 6.45) is 9.99. The third-order valence-electron chi connectivity index (χ3n) is 7.36. The molecule has 1 aliphatic rings. The van der Waals surface area contributed by atoms with Gasteiger partial charge in [0.1, 0.15) is 5.82 Å². The number of imidazole rings is 1. The van der Waals surface area contributed by atoms with Gasteiger partial charge in [-0.2, -0.15) is 0 Å². The summed E-state index contributed by atoms with van der Waals surface area (Å²) < 4.78 is 19.1. The van der Waals surface area contributed by atoms with Crippen LogP contribution in [0.2, 0.25) is 0 Å². The van der Waals surface area contributed by atoms with E-state index in [1.165, 1.54) is 12.1 Å². The Morgan fingerprint density at radius 1 is 1.07 bits per heavy atom. The van der Waals surface area contributed by atoms with E-state index in [2.05, 4.69) is 78.8 Å². The van der Waals surface area contributed by atoms with Gasteiger partial charge in [0.05, 0.1) is 0 Å². The quantitative estimate of drug-likeness (QED) is 0.128. The van der Waals surface area contributed by atoms with Crippen molar-refractivity contribution in [2.24, 2.45) is 5.41 Å². The number of benzene rings is 2. The maximum absolute atomic E-state index is 14.7. The standard InChI is InChI=1S/C35H36FIN7O/c1-5-6-11-39-26-13-22(12-24(36)16-26)28-19-38-20-30-32(28)42-34(41-30)33-27-15-21(7-8-29(27)43-44-33)23-14-25(9-10-37-18-23)40-31(45)17-35(2,3)4/h7-10,12-16,18-20,39H,5-6,11,17H2,1-4H3,(H,40,45)(H,41,42)(H,43,44)/q-1. The van der Waals surface area contributed by atoms with Gasteiger partial charge >= 0.3 is 219 Å². The number of anilines is 1. The van der Waals surface area contributed by atoms with E-state index < -0.39 is 0 Å². The number of rotatable bonds is 9. The Labute approximate surface area is 272 Å². The molecule has 2 aromatic carbocycles. The van der Waals surface area contributed by atoms with Gasteiger partial charge in [-0.1, -0.05) is 13.3 Å². The fraction of sp³-hybridized carbons (Fsp3) is 0.257. The summed E-state index contributed by atoms with van der Waals surface area (Å²) in [5.41, 5.74) is 7.94. The number of hydrogen-bond acceptors (Lipinski definition) is 5. The first-order chi connectivity index (χ1) is 21.7. The molecule has 4 N–H and O–H groups in total. The van der Waals surface area contributed by atoms with Gasteiger partial charge in [0, 0.05) is 12.2 Å². The Bertz CT molecular complexity index is 1980. The Morgan fingerprint density at radius 3 is 2.76 bits per heavy atom. The molecule has 0 unspecified atom stereocenters. The van der Waals surface area contributed by atoms with Crippen molar-refractivity contribution in [3.05, 3.63) is 86.2 Å². The number of H-pyrrole nitrogens is 2. The molecule has 4 heterocycles. The monoisotopic (exact) mass is 716 g/mol. The summed E-state index contributed by atoms with van der Waals surface area (Å²) in [7, 11) is 0. The molecule has 0 saturated carbocycles. The third-order valence-corrected chi connectivity index (χ3v) is 9.17. The zero-order valence-corrected chi connectivity index (χ0v) is 27.9. The van der Waals surface area contributed by atoms with Crippen LogP contribution in [-0.2, 0) is 4.79 Å². The topological polar surface area (TPSA) is 111 Å². The molecule has 45 heavy (non-hydrogen) atoms. The first kappa shape index (κ1) is 30.7. The molecule has 6 rings (SSSR count). The summed E-state index contributed by atoms with van der Waals surface area (Å²) in [5.74, 6) is 0.280. The summed E-state index contributed by atoms with van der Waals surface area (Å²) >= 11 is -0.321. The Hall–Kier alpha value is -4.32. The van der Waals surface area contributed by atoms with Crippen molar-refractivity contribution in [2.45, 2.75) is 47.0 Å². The van der Waals surface area contributed by atoms with Gasteiger partial charge in [-0.25, -0.2) is 4.39 Å². The molecule has 1 aliphatic heterocycles. The predicted molar refractivity (Wildman–Crippen MR) is 175 cm³/mol. The van der Waals surface area contributed by atoms with E-state index >= 15 is 0 Å². The van der Waals surface area contributed by atoms with Crippen LogP contribution < -0.4 is 31.8 Å². The maximum atomic E-state index is 14.7. The van der Waals surface area contributed by atoms with Crippen LogP contribution in [0.3, 0.4) is 0 Å². The van der Waals surface area contributed by atoms with Gasteiger partial charge in [0.25, 0.3) is 0 Å². The van der Waals surface area contributed by atoms with Gasteiger partial charge < -0.3 is 5.32 Å². The summed E-state index contributed by atoms with van der Waals surface area (Å²) in [6.45, 7) is 9.08. The van der Waals surface area contributed by atoms with Crippen LogP contribution in [0.5, 0.6) is 0 Å². The number of halogens is 2. The fourth-order valence-electron chi connectivity index (χ4n) is 5.25. The first-order valence-corrected chi connectivity index (χ1v) is 17.5. The summed E-state index contributed by atoms with van der Waals surface area (Å²) in [6, 6.07) is 11.1. The molecule has 0 aliphatic carbocycles. The summed E-state index contributed by atoms with van der Waals surface area (Å²) in [4.78, 5) is 25.4. The second-order valence-electron chi connectivity index (χ2n) is 12.4. The zero-order valence-electron chi connectivity index (χ0n) is 25.8. The molecule has 0 fully saturated rings. The number of hydrogen-bond donors (Lipinski definition) is 4. The van der Waals surface area contributed by atoms with Gasteiger partial charge in [-0.3, -0.25) is 0 Å². The van der Waals surface area contributed by atoms with Crippen molar-refractivity contribution in [1.29, 1.82) is 0 Å². The van der Waals surface area contributed by atoms with Crippen molar-refractivity contribution in [2.75, 3.05) is 11.9 Å². The van der Waals surface area contributed by atoms with Crippen LogP contribution in [0, 0.1) is 11.2 Å². The number of aromatic nitrogens is 5. The molecular weight excluding hydrogens is 680 g/mol. The molecule has 1 amide bonds. The normalized spacial score (nSPS) is 13.7. The minimum absolute atomic E-state index is 0.00592. The van der Waals surface area contributed by atoms with Crippen LogP contribution in [0.15, 0.2) is 74.8 Å². The van der Waals surface area contributed by atoms with Crippen LogP contribution in [0.25, 0.3) is 50.2 Å². The van der Waals surface area contributed by atoms with E-state index in [0.29, 0.717) is 29.0 Å². The predicted octanol–water partition coefficient (Wildman–Crippen LogP) is 4.91. The average Bonchev–Trinajstić information content (AvgIpc) is 3.54. The zero-order chi connectivity index (χ0) is 31.6. The fourth-order valence-corrected chi connectivity index (χ4v) is 6.98. The summed E-state index contributed by atoms with van der Waals surface area (Å²) in [5, 5.41) is 15.1. The van der Waals surface area contributed by atoms with Crippen LogP contribution >= 0.6 is 0 Å². The minimum atomic E-state index is -0.321. The first-order valence-electron chi connectivity index (χ1n) is 15.0. The van der Waals surface area contributed by atoms with Crippen LogP contribution in [0.4, 0.5) is 10.1 Å². The molecule has 8 nitrogen and oxygen atoms in total. The molecule has 0 saturated heterocycles. The van der Waals surface area contributed by atoms with Gasteiger partial charge in [0.2, 0.25) is 0 Å². The van der Waals surface area contributed by atoms with Crippen molar-refractivity contribution in [3.63, 3.8) is 0 Å². The van der Waals surface area contributed by atoms with E-state index in [-0.39, 0.29) is 38.3 Å². The molecule has 0 radical (unpaired) electrons. The number of pyridine rings is 1. The van der Waals surface area contributed by atoms with Gasteiger partial charge in [-0.05, 0) is 12.5 Å². The molecule has 0 bridgehead atoms.